The highest BCUT2D eigenvalue weighted by atomic mass is 16.7. The number of phenolic OH excluding ortho intramolecular Hbond substituents is 8. The van der Waals surface area contributed by atoms with E-state index in [0.29, 0.717) is 0 Å². The molecule has 0 amide bonds. The molecular formula is C42H42O21. The van der Waals surface area contributed by atoms with Crippen LogP contribution in [-0.4, -0.2) is 152 Å². The van der Waals surface area contributed by atoms with E-state index in [1.807, 2.05) is 0 Å². The van der Waals surface area contributed by atoms with Crippen molar-refractivity contribution in [1.82, 2.24) is 0 Å². The number of benzene rings is 4. The van der Waals surface area contributed by atoms with Gasteiger partial charge in [0.1, 0.15) is 76.9 Å². The first kappa shape index (κ1) is 41.1. The van der Waals surface area contributed by atoms with Gasteiger partial charge in [-0.1, -0.05) is 0 Å². The molecule has 10 rings (SSSR count). The number of phenols is 8. The Morgan fingerprint density at radius 3 is 1.57 bits per heavy atom. The molecule has 336 valence electrons. The van der Waals surface area contributed by atoms with Crippen molar-refractivity contribution in [3.8, 4) is 86.2 Å². The van der Waals surface area contributed by atoms with Crippen LogP contribution in [0, 0.1) is 0 Å². The zero-order valence-corrected chi connectivity index (χ0v) is 32.5. The van der Waals surface area contributed by atoms with Crippen molar-refractivity contribution in [3.63, 3.8) is 0 Å². The van der Waals surface area contributed by atoms with Crippen molar-refractivity contribution < 1.29 is 104 Å². The first-order chi connectivity index (χ1) is 30.0. The molecule has 21 nitrogen and oxygen atoms in total. The molecule has 21 heteroatoms. The summed E-state index contributed by atoms with van der Waals surface area (Å²) in [5.74, 6) is -7.89. The number of aliphatic hydroxyl groups is 5. The molecule has 5 fully saturated rings. The second-order valence-corrected chi connectivity index (χ2v) is 16.5. The van der Waals surface area contributed by atoms with Crippen LogP contribution in [0.25, 0.3) is 0 Å². The second kappa shape index (κ2) is 15.1. The van der Waals surface area contributed by atoms with Crippen LogP contribution in [0.2, 0.25) is 0 Å². The van der Waals surface area contributed by atoms with Gasteiger partial charge in [0, 0.05) is 79.3 Å². The zero-order chi connectivity index (χ0) is 44.3. The lowest BCUT2D eigenvalue weighted by Crippen LogP contribution is -2.72. The average molecular weight is 883 g/mol. The number of fused-ring (bicyclic) bond motifs is 6. The molecule has 63 heavy (non-hydrogen) atoms. The SMILES string of the molecule is Oc1cc(O)cc(Oc2c(O)cc(O)c3c2Oc2c(O)cc(O)c(C4C(O)CC(O)C5OC6C(CC7OC8C(O)CC(O)C(Oc9cc(O)cc(O)c9)C8OC7C6O)OC54)c2O3)c1. The Kier molecular flexibility index (Phi) is 9.89. The van der Waals surface area contributed by atoms with Crippen LogP contribution in [0.15, 0.2) is 48.5 Å². The Morgan fingerprint density at radius 2 is 0.937 bits per heavy atom. The van der Waals surface area contributed by atoms with Crippen LogP contribution in [0.3, 0.4) is 0 Å². The molecule has 4 aromatic rings. The summed E-state index contributed by atoms with van der Waals surface area (Å²) in [6, 6.07) is 8.48. The van der Waals surface area contributed by atoms with E-state index in [4.69, 9.17) is 37.9 Å². The summed E-state index contributed by atoms with van der Waals surface area (Å²) in [6.45, 7) is 0. The van der Waals surface area contributed by atoms with E-state index in [1.165, 1.54) is 12.1 Å². The quantitative estimate of drug-likeness (QED) is 0.119. The Hall–Kier alpha value is -5.88. The Balaban J connectivity index is 0.946. The summed E-state index contributed by atoms with van der Waals surface area (Å²) in [4.78, 5) is 0. The maximum absolute atomic E-state index is 11.8. The molecule has 0 aromatic heterocycles. The van der Waals surface area contributed by atoms with Gasteiger partial charge in [-0.2, -0.15) is 0 Å². The van der Waals surface area contributed by atoms with Crippen LogP contribution in [0.1, 0.15) is 30.7 Å². The molecule has 13 N–H and O–H groups in total. The predicted octanol–water partition coefficient (Wildman–Crippen LogP) is 1.61. The Morgan fingerprint density at radius 1 is 0.429 bits per heavy atom. The van der Waals surface area contributed by atoms with Gasteiger partial charge in [0.25, 0.3) is 0 Å². The van der Waals surface area contributed by atoms with Gasteiger partial charge in [-0.3, -0.25) is 0 Å². The predicted molar refractivity (Wildman–Crippen MR) is 205 cm³/mol. The van der Waals surface area contributed by atoms with E-state index in [9.17, 15) is 66.4 Å². The third-order valence-electron chi connectivity index (χ3n) is 12.4. The number of aliphatic hydroxyl groups excluding tert-OH is 5. The lowest BCUT2D eigenvalue weighted by Gasteiger charge is -2.57. The number of hydrogen-bond acceptors (Lipinski definition) is 21. The Bertz CT molecular complexity index is 2400. The van der Waals surface area contributed by atoms with Crippen molar-refractivity contribution in [2.45, 2.75) is 111 Å². The van der Waals surface area contributed by atoms with E-state index < -0.39 is 143 Å². The summed E-state index contributed by atoms with van der Waals surface area (Å²) in [6.07, 6.45) is -17.8. The minimum atomic E-state index is -1.50. The van der Waals surface area contributed by atoms with E-state index in [1.54, 1.807) is 0 Å². The van der Waals surface area contributed by atoms with Gasteiger partial charge in [-0.25, -0.2) is 0 Å². The molecule has 0 radical (unpaired) electrons. The Labute approximate surface area is 354 Å². The molecule has 3 aliphatic heterocycles. The largest absolute Gasteiger partial charge is 0.508 e. The molecule has 6 aliphatic rings. The van der Waals surface area contributed by atoms with Gasteiger partial charge < -0.3 is 104 Å². The topological polar surface area (TPSA) is 337 Å². The summed E-state index contributed by atoms with van der Waals surface area (Å²) in [7, 11) is 0. The second-order valence-electron chi connectivity index (χ2n) is 16.5. The molecular weight excluding hydrogens is 840 g/mol. The van der Waals surface area contributed by atoms with Crippen LogP contribution in [0.4, 0.5) is 0 Å². The molecule has 3 aliphatic carbocycles. The molecule has 2 saturated heterocycles. The van der Waals surface area contributed by atoms with E-state index in [0.717, 1.165) is 36.4 Å². The fourth-order valence-corrected chi connectivity index (χ4v) is 9.74. The minimum absolute atomic E-state index is 0.0106. The van der Waals surface area contributed by atoms with Crippen LogP contribution >= 0.6 is 0 Å². The summed E-state index contributed by atoms with van der Waals surface area (Å²) in [5.41, 5.74) is -0.206. The van der Waals surface area contributed by atoms with Gasteiger partial charge in [0.2, 0.25) is 23.0 Å². The van der Waals surface area contributed by atoms with Gasteiger partial charge >= 0.3 is 0 Å². The van der Waals surface area contributed by atoms with Crippen molar-refractivity contribution in [2.24, 2.45) is 0 Å². The third-order valence-corrected chi connectivity index (χ3v) is 12.4. The van der Waals surface area contributed by atoms with Gasteiger partial charge in [0.15, 0.2) is 29.1 Å². The molecule has 3 saturated carbocycles. The maximum atomic E-state index is 11.8. The lowest BCUT2D eigenvalue weighted by atomic mass is 9.73. The molecule has 15 atom stereocenters. The van der Waals surface area contributed by atoms with Crippen LogP contribution in [-0.2, 0) is 18.9 Å². The lowest BCUT2D eigenvalue weighted by molar-refractivity contribution is -0.357. The van der Waals surface area contributed by atoms with E-state index >= 15 is 0 Å². The van der Waals surface area contributed by atoms with Gasteiger partial charge in [-0.05, 0) is 0 Å². The monoisotopic (exact) mass is 882 g/mol. The number of aromatic hydroxyl groups is 8. The number of ether oxygens (including phenoxy) is 8. The smallest absolute Gasteiger partial charge is 0.220 e. The van der Waals surface area contributed by atoms with Crippen molar-refractivity contribution in [2.75, 3.05) is 0 Å². The van der Waals surface area contributed by atoms with Crippen molar-refractivity contribution >= 4 is 0 Å². The molecule has 0 spiro atoms. The molecule has 3 heterocycles. The van der Waals surface area contributed by atoms with E-state index in [-0.39, 0.29) is 59.3 Å². The molecule has 0 bridgehead atoms. The highest BCUT2D eigenvalue weighted by Gasteiger charge is 2.62. The average Bonchev–Trinajstić information content (AvgIpc) is 3.20. The fraction of sp³-hybridized carbons (Fsp3) is 0.429. The van der Waals surface area contributed by atoms with Crippen molar-refractivity contribution in [1.29, 1.82) is 0 Å². The third kappa shape index (κ3) is 6.92. The zero-order valence-electron chi connectivity index (χ0n) is 32.5. The minimum Gasteiger partial charge on any atom is -0.508 e. The normalized spacial score (nSPS) is 35.2. The van der Waals surface area contributed by atoms with Crippen LogP contribution in [0.5, 0.6) is 86.2 Å². The summed E-state index contributed by atoms with van der Waals surface area (Å²) in [5, 5.41) is 141. The van der Waals surface area contributed by atoms with Crippen LogP contribution < -0.4 is 18.9 Å². The van der Waals surface area contributed by atoms with Gasteiger partial charge in [-0.15, -0.1) is 0 Å². The first-order valence-electron chi connectivity index (χ1n) is 20.0. The number of rotatable bonds is 5. The fourth-order valence-electron chi connectivity index (χ4n) is 9.74. The standard InChI is InChI=1S/C42H42O21/c43-12-1-13(44)4-16(3-12)56-33-22(51)9-24(53)35-41(33)63-38-26(58-35)11-27-37(30(38)55)60-31-20(49)7-18(47)28(39(31)59-27)29-19(48)8-21(50)32-40(29)61-36-25(54)10-23(52)34(42(36)62-32)57-17-5-14(45)2-15(46)6-17/h1-6,8,10,18,20,22,24,26-28,30-31,33,35,37-39,41,43-55H,7,9,11H2. The first-order valence-corrected chi connectivity index (χ1v) is 20.0. The summed E-state index contributed by atoms with van der Waals surface area (Å²) < 4.78 is 49.5. The number of hydrogen-bond donors (Lipinski definition) is 13. The molecule has 15 unspecified atom stereocenters. The van der Waals surface area contributed by atoms with Crippen molar-refractivity contribution in [3.05, 3.63) is 54.1 Å². The molecule has 4 aromatic carbocycles. The van der Waals surface area contributed by atoms with E-state index in [2.05, 4.69) is 0 Å². The summed E-state index contributed by atoms with van der Waals surface area (Å²) >= 11 is 0. The highest BCUT2D eigenvalue weighted by Crippen LogP contribution is 2.63. The van der Waals surface area contributed by atoms with Gasteiger partial charge in [0.05, 0.1) is 42.7 Å². The maximum Gasteiger partial charge on any atom is 0.220 e. The highest BCUT2D eigenvalue weighted by molar-refractivity contribution is 5.74.